The largest absolute Gasteiger partial charge is 0.467 e. The molecule has 0 bridgehead atoms. The van der Waals surface area contributed by atoms with Crippen LogP contribution in [-0.2, 0) is 14.3 Å². The van der Waals surface area contributed by atoms with Gasteiger partial charge in [-0.25, -0.2) is 4.79 Å². The molecule has 1 saturated carbocycles. The Kier molecular flexibility index (Phi) is 7.20. The Labute approximate surface area is 199 Å². The summed E-state index contributed by atoms with van der Waals surface area (Å²) >= 11 is 12.2. The molecule has 0 aromatic heterocycles. The number of carbonyl (C=O) groups excluding carboxylic acids is 2. The highest BCUT2D eigenvalue weighted by Gasteiger charge is 2.51. The second-order valence-electron chi connectivity index (χ2n) is 9.18. The Balaban J connectivity index is 1.40. The predicted molar refractivity (Wildman–Crippen MR) is 124 cm³/mol. The van der Waals surface area contributed by atoms with E-state index in [0.29, 0.717) is 55.6 Å². The number of carbonyl (C=O) groups is 2. The van der Waals surface area contributed by atoms with Crippen molar-refractivity contribution in [2.24, 2.45) is 5.41 Å². The first-order valence-electron chi connectivity index (χ1n) is 11.3. The first kappa shape index (κ1) is 23.6. The van der Waals surface area contributed by atoms with Crippen molar-refractivity contribution in [3.8, 4) is 0 Å². The van der Waals surface area contributed by atoms with Crippen LogP contribution in [-0.4, -0.2) is 85.3 Å². The minimum absolute atomic E-state index is 0.0569. The minimum Gasteiger partial charge on any atom is -0.467 e. The summed E-state index contributed by atoms with van der Waals surface area (Å²) in [7, 11) is 1.36. The lowest BCUT2D eigenvalue weighted by Crippen LogP contribution is -2.50. The van der Waals surface area contributed by atoms with Crippen molar-refractivity contribution in [1.82, 2.24) is 9.80 Å². The van der Waals surface area contributed by atoms with Gasteiger partial charge in [-0.3, -0.25) is 4.79 Å². The lowest BCUT2D eigenvalue weighted by atomic mass is 9.90. The number of hydrogen-bond acceptors (Lipinski definition) is 6. The van der Waals surface area contributed by atoms with E-state index >= 15 is 0 Å². The van der Waals surface area contributed by atoms with E-state index in [1.54, 1.807) is 17.0 Å². The molecule has 3 fully saturated rings. The summed E-state index contributed by atoms with van der Waals surface area (Å²) in [5, 5.41) is 11.4. The fourth-order valence-corrected chi connectivity index (χ4v) is 5.27. The van der Waals surface area contributed by atoms with Gasteiger partial charge in [0.05, 0.1) is 23.3 Å². The van der Waals surface area contributed by atoms with E-state index in [4.69, 9.17) is 27.9 Å². The number of rotatable bonds is 6. The molecule has 1 N–H and O–H groups in total. The van der Waals surface area contributed by atoms with Crippen LogP contribution >= 0.6 is 23.2 Å². The number of anilines is 1. The number of aliphatic hydroxyl groups excluding tert-OH is 1. The van der Waals surface area contributed by atoms with Crippen molar-refractivity contribution in [2.45, 2.75) is 44.2 Å². The molecule has 1 aromatic carbocycles. The maximum Gasteiger partial charge on any atom is 0.328 e. The summed E-state index contributed by atoms with van der Waals surface area (Å²) < 4.78 is 5.05. The maximum atomic E-state index is 13.0. The number of likely N-dealkylation sites (tertiary alicyclic amines) is 1. The number of hydrogen-bond donors (Lipinski definition) is 1. The molecular formula is C23H31Cl2N3O4. The summed E-state index contributed by atoms with van der Waals surface area (Å²) in [5.41, 5.74) is 1.05. The highest BCUT2D eigenvalue weighted by molar-refractivity contribution is 6.42. The van der Waals surface area contributed by atoms with E-state index in [-0.39, 0.29) is 17.4 Å². The van der Waals surface area contributed by atoms with Crippen LogP contribution in [0.5, 0.6) is 0 Å². The number of methoxy groups -OCH3 is 1. The smallest absolute Gasteiger partial charge is 0.328 e. The van der Waals surface area contributed by atoms with Crippen molar-refractivity contribution < 1.29 is 19.4 Å². The number of amides is 1. The molecule has 1 amide bonds. The number of piperidine rings is 1. The van der Waals surface area contributed by atoms with Gasteiger partial charge in [0, 0.05) is 44.8 Å². The molecule has 9 heteroatoms. The number of ether oxygens (including phenoxy) is 1. The van der Waals surface area contributed by atoms with E-state index in [2.05, 4.69) is 9.80 Å². The molecule has 2 unspecified atom stereocenters. The normalized spacial score (nSPS) is 24.4. The van der Waals surface area contributed by atoms with Crippen LogP contribution in [0.1, 0.15) is 32.1 Å². The van der Waals surface area contributed by atoms with Crippen molar-refractivity contribution in [3.05, 3.63) is 28.2 Å². The number of nitrogens with zero attached hydrogens (tertiary/aromatic N) is 3. The Morgan fingerprint density at radius 2 is 1.97 bits per heavy atom. The Morgan fingerprint density at radius 1 is 1.19 bits per heavy atom. The van der Waals surface area contributed by atoms with Crippen molar-refractivity contribution in [1.29, 1.82) is 0 Å². The molecule has 4 rings (SSSR count). The number of benzene rings is 1. The van der Waals surface area contributed by atoms with Crippen LogP contribution < -0.4 is 4.90 Å². The summed E-state index contributed by atoms with van der Waals surface area (Å²) in [4.78, 5) is 31.5. The Morgan fingerprint density at radius 3 is 2.62 bits per heavy atom. The Bertz CT molecular complexity index is 864. The van der Waals surface area contributed by atoms with Crippen LogP contribution in [0.3, 0.4) is 0 Å². The fraction of sp³-hybridized carbons (Fsp3) is 0.652. The van der Waals surface area contributed by atoms with Crippen molar-refractivity contribution in [3.63, 3.8) is 0 Å². The van der Waals surface area contributed by atoms with Gasteiger partial charge in [0.1, 0.15) is 6.04 Å². The minimum atomic E-state index is -0.629. The molecule has 0 radical (unpaired) electrons. The van der Waals surface area contributed by atoms with Gasteiger partial charge in [0.15, 0.2) is 0 Å². The number of aliphatic hydroxyl groups is 1. The standard InChI is InChI=1S/C23H31Cl2N3O4/c1-32-22(31)19(4-9-26-11-8-23(6-7-23)20(29)15-26)28-13-12-27(10-5-21(28)30)16-2-3-17(24)18(25)14-16/h2-3,14,19-20,29H,4-13,15H2,1H3. The van der Waals surface area contributed by atoms with Gasteiger partial charge in [0.2, 0.25) is 5.91 Å². The molecule has 176 valence electrons. The highest BCUT2D eigenvalue weighted by Crippen LogP contribution is 2.53. The van der Waals surface area contributed by atoms with Gasteiger partial charge in [-0.15, -0.1) is 0 Å². The zero-order valence-corrected chi connectivity index (χ0v) is 19.9. The Hall–Kier alpha value is -1.54. The third-order valence-electron chi connectivity index (χ3n) is 7.32. The molecular weight excluding hydrogens is 453 g/mol. The first-order chi connectivity index (χ1) is 15.3. The number of halogens is 2. The van der Waals surface area contributed by atoms with E-state index in [9.17, 15) is 14.7 Å². The monoisotopic (exact) mass is 483 g/mol. The summed E-state index contributed by atoms with van der Waals surface area (Å²) in [6.45, 7) is 3.75. The average Bonchev–Trinajstić information content (AvgIpc) is 3.58. The SMILES string of the molecule is COC(=O)C(CCN1CCC2(CC2)C(O)C1)N1CCN(c2ccc(Cl)c(Cl)c2)CCC1=O. The highest BCUT2D eigenvalue weighted by atomic mass is 35.5. The second kappa shape index (κ2) is 9.75. The van der Waals surface area contributed by atoms with Gasteiger partial charge in [-0.1, -0.05) is 23.2 Å². The molecule has 2 saturated heterocycles. The molecule has 1 spiro atoms. The molecule has 2 aliphatic heterocycles. The van der Waals surface area contributed by atoms with E-state index in [0.717, 1.165) is 31.5 Å². The lowest BCUT2D eigenvalue weighted by Gasteiger charge is -2.37. The third-order valence-corrected chi connectivity index (χ3v) is 8.06. The van der Waals surface area contributed by atoms with Crippen molar-refractivity contribution >= 4 is 40.8 Å². The number of esters is 1. The van der Waals surface area contributed by atoms with Crippen molar-refractivity contribution in [2.75, 3.05) is 51.3 Å². The van der Waals surface area contributed by atoms with E-state index in [1.807, 2.05) is 6.07 Å². The maximum absolute atomic E-state index is 13.0. The molecule has 1 aliphatic carbocycles. The van der Waals surface area contributed by atoms with Crippen LogP contribution in [0.15, 0.2) is 18.2 Å². The molecule has 2 atom stereocenters. The van der Waals surface area contributed by atoms with Crippen LogP contribution in [0.2, 0.25) is 10.0 Å². The van der Waals surface area contributed by atoms with Gasteiger partial charge >= 0.3 is 5.97 Å². The fourth-order valence-electron chi connectivity index (χ4n) is 4.97. The van der Waals surface area contributed by atoms with Gasteiger partial charge in [-0.05, 0) is 55.8 Å². The molecule has 3 aliphatic rings. The summed E-state index contributed by atoms with van der Waals surface area (Å²) in [5.74, 6) is -0.448. The van der Waals surface area contributed by atoms with Crippen LogP contribution in [0.4, 0.5) is 5.69 Å². The topological polar surface area (TPSA) is 73.3 Å². The second-order valence-corrected chi connectivity index (χ2v) is 9.99. The average molecular weight is 484 g/mol. The molecule has 7 nitrogen and oxygen atoms in total. The van der Waals surface area contributed by atoms with Gasteiger partial charge in [0.25, 0.3) is 0 Å². The zero-order chi connectivity index (χ0) is 22.9. The summed E-state index contributed by atoms with van der Waals surface area (Å²) in [6.07, 6.45) is 3.73. The van der Waals surface area contributed by atoms with Crippen LogP contribution in [0, 0.1) is 5.41 Å². The lowest BCUT2D eigenvalue weighted by molar-refractivity contribution is -0.153. The zero-order valence-electron chi connectivity index (χ0n) is 18.4. The van der Waals surface area contributed by atoms with Gasteiger partial charge < -0.3 is 24.5 Å². The molecule has 2 heterocycles. The quantitative estimate of drug-likeness (QED) is 0.627. The van der Waals surface area contributed by atoms with Gasteiger partial charge in [-0.2, -0.15) is 0 Å². The molecule has 32 heavy (non-hydrogen) atoms. The number of β-amino-alcohol motifs (C(OH)–C–C–N with tert-alkyl or cyclic N) is 1. The molecule has 1 aromatic rings. The van der Waals surface area contributed by atoms with E-state index in [1.165, 1.54) is 7.11 Å². The summed E-state index contributed by atoms with van der Waals surface area (Å²) in [6, 6.07) is 4.81. The first-order valence-corrected chi connectivity index (χ1v) is 12.1. The van der Waals surface area contributed by atoms with E-state index < -0.39 is 12.0 Å². The predicted octanol–water partition coefficient (Wildman–Crippen LogP) is 2.81. The third kappa shape index (κ3) is 5.01. The van der Waals surface area contributed by atoms with Crippen LogP contribution in [0.25, 0.3) is 0 Å².